The Labute approximate surface area is 69.5 Å². The van der Waals surface area contributed by atoms with E-state index in [9.17, 15) is 13.2 Å². The highest BCUT2D eigenvalue weighted by Gasteiger charge is 2.31. The topological polar surface area (TPSA) is 9.23 Å². The first-order valence-electron chi connectivity index (χ1n) is 3.58. The van der Waals surface area contributed by atoms with Crippen molar-refractivity contribution >= 4 is 0 Å². The minimum Gasteiger partial charge on any atom is -0.406 e. The number of alkyl halides is 3. The molecule has 70 valence electrons. The molecule has 0 aliphatic rings. The van der Waals surface area contributed by atoms with Crippen molar-refractivity contribution in [1.82, 2.24) is 0 Å². The molecule has 1 nitrogen and oxygen atoms in total. The van der Waals surface area contributed by atoms with E-state index in [1.165, 1.54) is 19.1 Å². The lowest BCUT2D eigenvalue weighted by atomic mass is 10.3. The van der Waals surface area contributed by atoms with Crippen LogP contribution in [0.4, 0.5) is 13.2 Å². The number of allylic oxidation sites excluding steroid dienone is 3. The van der Waals surface area contributed by atoms with Crippen LogP contribution in [0.15, 0.2) is 24.0 Å². The van der Waals surface area contributed by atoms with Crippen LogP contribution in [-0.2, 0) is 4.74 Å². The van der Waals surface area contributed by atoms with Crippen LogP contribution in [0.3, 0.4) is 0 Å². The summed E-state index contributed by atoms with van der Waals surface area (Å²) in [5.74, 6) is -0.177. The van der Waals surface area contributed by atoms with E-state index in [1.54, 1.807) is 6.08 Å². The Hall–Kier alpha value is -0.930. The van der Waals surface area contributed by atoms with E-state index >= 15 is 0 Å². The molecular formula is C8H11F3O. The van der Waals surface area contributed by atoms with Gasteiger partial charge in [0.25, 0.3) is 0 Å². The monoisotopic (exact) mass is 180 g/mol. The number of hydrogen-bond donors (Lipinski definition) is 0. The summed E-state index contributed by atoms with van der Waals surface area (Å²) in [6.45, 7) is 3.32. The molecule has 0 radical (unpaired) electrons. The molecule has 0 heterocycles. The fourth-order valence-electron chi connectivity index (χ4n) is 0.557. The molecule has 12 heavy (non-hydrogen) atoms. The van der Waals surface area contributed by atoms with E-state index < -0.39 is 6.36 Å². The van der Waals surface area contributed by atoms with Gasteiger partial charge in [0.1, 0.15) is 5.76 Å². The molecular weight excluding hydrogens is 169 g/mol. The molecule has 0 amide bonds. The van der Waals surface area contributed by atoms with Crippen molar-refractivity contribution in [3.05, 3.63) is 24.0 Å². The molecule has 0 rings (SSSR count). The molecule has 0 aromatic rings. The van der Waals surface area contributed by atoms with E-state index in [0.29, 0.717) is 6.42 Å². The maximum absolute atomic E-state index is 11.6. The highest BCUT2D eigenvalue weighted by atomic mass is 19.4. The van der Waals surface area contributed by atoms with Gasteiger partial charge in [-0.1, -0.05) is 13.0 Å². The molecule has 0 spiro atoms. The minimum absolute atomic E-state index is 0.177. The molecule has 0 aliphatic carbocycles. The Morgan fingerprint density at radius 1 is 1.42 bits per heavy atom. The molecule has 0 bridgehead atoms. The van der Waals surface area contributed by atoms with E-state index in [-0.39, 0.29) is 5.76 Å². The van der Waals surface area contributed by atoms with Gasteiger partial charge in [-0.3, -0.25) is 0 Å². The maximum Gasteiger partial charge on any atom is 0.573 e. The summed E-state index contributed by atoms with van der Waals surface area (Å²) in [7, 11) is 0. The van der Waals surface area contributed by atoms with Crippen LogP contribution in [0.25, 0.3) is 0 Å². The average Bonchev–Trinajstić information content (AvgIpc) is 1.95. The lowest BCUT2D eigenvalue weighted by Crippen LogP contribution is -2.11. The normalized spacial score (nSPS) is 13.9. The van der Waals surface area contributed by atoms with Crippen molar-refractivity contribution < 1.29 is 17.9 Å². The van der Waals surface area contributed by atoms with Gasteiger partial charge in [-0.25, -0.2) is 0 Å². The average molecular weight is 180 g/mol. The van der Waals surface area contributed by atoms with Crippen LogP contribution in [0.1, 0.15) is 20.3 Å². The van der Waals surface area contributed by atoms with Crippen LogP contribution in [-0.4, -0.2) is 6.36 Å². The van der Waals surface area contributed by atoms with Gasteiger partial charge in [-0.2, -0.15) is 0 Å². The maximum atomic E-state index is 11.6. The van der Waals surface area contributed by atoms with Crippen molar-refractivity contribution in [2.75, 3.05) is 0 Å². The fourth-order valence-corrected chi connectivity index (χ4v) is 0.557. The second kappa shape index (κ2) is 4.85. The second-order valence-corrected chi connectivity index (χ2v) is 2.05. The van der Waals surface area contributed by atoms with Crippen LogP contribution >= 0.6 is 0 Å². The third kappa shape index (κ3) is 5.82. The molecule has 0 aromatic carbocycles. The highest BCUT2D eigenvalue weighted by Crippen LogP contribution is 2.21. The molecule has 0 N–H and O–H groups in total. The Bertz CT molecular complexity index is 179. The quantitative estimate of drug-likeness (QED) is 0.477. The first-order valence-corrected chi connectivity index (χ1v) is 3.58. The largest absolute Gasteiger partial charge is 0.573 e. The third-order valence-corrected chi connectivity index (χ3v) is 1.04. The van der Waals surface area contributed by atoms with Gasteiger partial charge in [0, 0.05) is 0 Å². The molecule has 0 aromatic heterocycles. The lowest BCUT2D eigenvalue weighted by Gasteiger charge is -2.08. The molecule has 0 aliphatic heterocycles. The summed E-state index contributed by atoms with van der Waals surface area (Å²) in [5.41, 5.74) is 0. The van der Waals surface area contributed by atoms with Gasteiger partial charge in [0.05, 0.1) is 0 Å². The van der Waals surface area contributed by atoms with Crippen molar-refractivity contribution in [2.24, 2.45) is 0 Å². The van der Waals surface area contributed by atoms with E-state index in [2.05, 4.69) is 4.74 Å². The van der Waals surface area contributed by atoms with E-state index in [0.717, 1.165) is 0 Å². The predicted molar refractivity (Wildman–Crippen MR) is 40.3 cm³/mol. The summed E-state index contributed by atoms with van der Waals surface area (Å²) >= 11 is 0. The SMILES string of the molecule is C/C=C(/C=C\CC)OC(F)(F)F. The Kier molecular flexibility index (Phi) is 4.47. The van der Waals surface area contributed by atoms with Crippen LogP contribution in [0.5, 0.6) is 0 Å². The molecule has 0 saturated heterocycles. The highest BCUT2D eigenvalue weighted by molar-refractivity contribution is 5.10. The number of ether oxygens (including phenoxy) is 1. The van der Waals surface area contributed by atoms with Gasteiger partial charge in [-0.15, -0.1) is 13.2 Å². The van der Waals surface area contributed by atoms with Crippen molar-refractivity contribution in [2.45, 2.75) is 26.6 Å². The molecule has 0 unspecified atom stereocenters. The number of hydrogen-bond acceptors (Lipinski definition) is 1. The van der Waals surface area contributed by atoms with E-state index in [1.807, 2.05) is 6.92 Å². The zero-order chi connectivity index (χ0) is 9.61. The van der Waals surface area contributed by atoms with Crippen molar-refractivity contribution in [3.8, 4) is 0 Å². The zero-order valence-corrected chi connectivity index (χ0v) is 6.98. The summed E-state index contributed by atoms with van der Waals surface area (Å²) in [5, 5.41) is 0. The second-order valence-electron chi connectivity index (χ2n) is 2.05. The predicted octanol–water partition coefficient (Wildman–Crippen LogP) is 3.39. The fraction of sp³-hybridized carbons (Fsp3) is 0.500. The standard InChI is InChI=1S/C8H11F3O/c1-3-5-6-7(4-2)12-8(9,10)11/h4-6H,3H2,1-2H3/b6-5-,7-4-. The number of rotatable bonds is 3. The number of halogens is 3. The van der Waals surface area contributed by atoms with Crippen molar-refractivity contribution in [1.29, 1.82) is 0 Å². The van der Waals surface area contributed by atoms with Gasteiger partial charge < -0.3 is 4.74 Å². The van der Waals surface area contributed by atoms with Crippen LogP contribution in [0, 0.1) is 0 Å². The third-order valence-electron chi connectivity index (χ3n) is 1.04. The van der Waals surface area contributed by atoms with Gasteiger partial charge in [-0.05, 0) is 25.5 Å². The summed E-state index contributed by atoms with van der Waals surface area (Å²) in [6.07, 6.45) is 0.243. The summed E-state index contributed by atoms with van der Waals surface area (Å²) in [4.78, 5) is 0. The first-order chi connectivity index (χ1) is 5.49. The molecule has 0 saturated carbocycles. The first kappa shape index (κ1) is 11.1. The van der Waals surface area contributed by atoms with Gasteiger partial charge in [0.2, 0.25) is 0 Å². The molecule has 0 fully saturated rings. The van der Waals surface area contributed by atoms with Gasteiger partial charge >= 0.3 is 6.36 Å². The van der Waals surface area contributed by atoms with Crippen LogP contribution in [0.2, 0.25) is 0 Å². The minimum atomic E-state index is -4.60. The summed E-state index contributed by atoms with van der Waals surface area (Å²) < 4.78 is 38.5. The Morgan fingerprint density at radius 2 is 2.00 bits per heavy atom. The Morgan fingerprint density at radius 3 is 2.33 bits per heavy atom. The van der Waals surface area contributed by atoms with Gasteiger partial charge in [0.15, 0.2) is 0 Å². The zero-order valence-electron chi connectivity index (χ0n) is 6.98. The lowest BCUT2D eigenvalue weighted by molar-refractivity contribution is -0.303. The van der Waals surface area contributed by atoms with Crippen LogP contribution < -0.4 is 0 Å². The van der Waals surface area contributed by atoms with Crippen molar-refractivity contribution in [3.63, 3.8) is 0 Å². The Balaban J connectivity index is 4.12. The van der Waals surface area contributed by atoms with E-state index in [4.69, 9.17) is 0 Å². The molecule has 0 atom stereocenters. The summed E-state index contributed by atoms with van der Waals surface area (Å²) in [6, 6.07) is 0. The molecule has 4 heteroatoms. The smallest absolute Gasteiger partial charge is 0.406 e.